The molecule has 0 aromatic carbocycles. The fourth-order valence-electron chi connectivity index (χ4n) is 1.27. The van der Waals surface area contributed by atoms with E-state index >= 15 is 0 Å². The third-order valence-corrected chi connectivity index (χ3v) is 2.13. The van der Waals surface area contributed by atoms with Crippen molar-refractivity contribution in [3.8, 4) is 0 Å². The van der Waals surface area contributed by atoms with Gasteiger partial charge in [-0.2, -0.15) is 0 Å². The fraction of sp³-hybridized carbons (Fsp3) is 0.250. The number of methoxy groups -OCH3 is 1. The number of amides is 1. The predicted molar refractivity (Wildman–Crippen MR) is 71.8 cm³/mol. The Bertz CT molecular complexity index is 493. The van der Waals surface area contributed by atoms with Gasteiger partial charge in [0.1, 0.15) is 5.82 Å². The maximum absolute atomic E-state index is 11.9. The fourth-order valence-corrected chi connectivity index (χ4v) is 1.27. The molecular weight excluding hydrogens is 246 g/mol. The maximum atomic E-state index is 11.9. The van der Waals surface area contributed by atoms with Crippen LogP contribution in [-0.2, 0) is 4.74 Å². The molecule has 7 heteroatoms. The smallest absolute Gasteiger partial charge is 0.259 e. The molecule has 0 saturated heterocycles. The van der Waals surface area contributed by atoms with Crippen molar-refractivity contribution in [1.29, 1.82) is 0 Å². The predicted octanol–water partition coefficient (Wildman–Crippen LogP) is 0.400. The van der Waals surface area contributed by atoms with Gasteiger partial charge >= 0.3 is 0 Å². The van der Waals surface area contributed by atoms with Crippen molar-refractivity contribution in [3.05, 3.63) is 41.7 Å². The quantitative estimate of drug-likeness (QED) is 0.525. The summed E-state index contributed by atoms with van der Waals surface area (Å²) in [6, 6.07) is 0. The van der Waals surface area contributed by atoms with E-state index in [9.17, 15) is 4.79 Å². The summed E-state index contributed by atoms with van der Waals surface area (Å²) in [5, 5.41) is 5.56. The molecule has 1 aromatic rings. The Kier molecular flexibility index (Phi) is 5.34. The van der Waals surface area contributed by atoms with Crippen LogP contribution in [-0.4, -0.2) is 30.0 Å². The van der Waals surface area contributed by atoms with E-state index in [1.807, 2.05) is 6.92 Å². The molecule has 0 aliphatic heterocycles. The zero-order chi connectivity index (χ0) is 14.3. The van der Waals surface area contributed by atoms with Gasteiger partial charge in [0.05, 0.1) is 18.9 Å². The molecule has 0 aliphatic carbocycles. The molecular formula is C12H17N5O2. The highest BCUT2D eigenvalue weighted by atomic mass is 16.5. The van der Waals surface area contributed by atoms with Crippen molar-refractivity contribution in [1.82, 2.24) is 20.6 Å². The van der Waals surface area contributed by atoms with Gasteiger partial charge in [-0.25, -0.2) is 9.97 Å². The normalized spacial score (nSPS) is 11.9. The average Bonchev–Trinajstić information content (AvgIpc) is 2.38. The minimum atomic E-state index is -0.328. The van der Waals surface area contributed by atoms with Crippen LogP contribution < -0.4 is 16.4 Å². The van der Waals surface area contributed by atoms with Gasteiger partial charge in [-0.05, 0) is 18.6 Å². The van der Waals surface area contributed by atoms with E-state index in [0.29, 0.717) is 11.4 Å². The van der Waals surface area contributed by atoms with Crippen molar-refractivity contribution in [2.75, 3.05) is 19.9 Å². The molecule has 102 valence electrons. The minimum absolute atomic E-state index is 0.125. The van der Waals surface area contributed by atoms with Crippen molar-refractivity contribution in [2.24, 2.45) is 0 Å². The Balaban J connectivity index is 2.79. The van der Waals surface area contributed by atoms with Crippen LogP contribution in [0.4, 0.5) is 5.95 Å². The molecule has 0 bridgehead atoms. The zero-order valence-corrected chi connectivity index (χ0v) is 11.1. The first kappa shape index (κ1) is 14.5. The summed E-state index contributed by atoms with van der Waals surface area (Å²) < 4.78 is 4.87. The molecule has 0 fully saturated rings. The van der Waals surface area contributed by atoms with Crippen LogP contribution in [0.25, 0.3) is 0 Å². The minimum Gasteiger partial charge on any atom is -0.504 e. The monoisotopic (exact) mass is 263 g/mol. The molecule has 0 atom stereocenters. The summed E-state index contributed by atoms with van der Waals surface area (Å²) in [7, 11) is 3.26. The Morgan fingerprint density at radius 2 is 2.05 bits per heavy atom. The number of allylic oxidation sites excluding steroid dienone is 2. The van der Waals surface area contributed by atoms with Crippen molar-refractivity contribution >= 4 is 11.9 Å². The van der Waals surface area contributed by atoms with E-state index in [0.717, 1.165) is 5.57 Å². The highest BCUT2D eigenvalue weighted by Crippen LogP contribution is 2.01. The lowest BCUT2D eigenvalue weighted by Gasteiger charge is -2.09. The number of nitrogens with zero attached hydrogens (tertiary/aromatic N) is 2. The van der Waals surface area contributed by atoms with Gasteiger partial charge in [-0.3, -0.25) is 4.79 Å². The second-order valence-corrected chi connectivity index (χ2v) is 3.69. The Morgan fingerprint density at radius 3 is 2.58 bits per heavy atom. The molecule has 0 spiro atoms. The van der Waals surface area contributed by atoms with Crippen LogP contribution in [0.2, 0.25) is 0 Å². The molecule has 0 radical (unpaired) electrons. The Hall–Kier alpha value is -2.57. The number of hydrogen-bond acceptors (Lipinski definition) is 6. The average molecular weight is 263 g/mol. The SMILES string of the molecule is CN/C(=C\C(C)=C/OC)NC(=O)c1cnc(N)nc1. The van der Waals surface area contributed by atoms with E-state index in [1.54, 1.807) is 26.5 Å². The molecule has 0 unspecified atom stereocenters. The topological polar surface area (TPSA) is 102 Å². The molecule has 1 rings (SSSR count). The van der Waals surface area contributed by atoms with Crippen LogP contribution in [0.5, 0.6) is 0 Å². The summed E-state index contributed by atoms with van der Waals surface area (Å²) in [5.74, 6) is 0.332. The summed E-state index contributed by atoms with van der Waals surface area (Å²) in [6.07, 6.45) is 6.03. The third kappa shape index (κ3) is 4.66. The van der Waals surface area contributed by atoms with E-state index in [4.69, 9.17) is 10.5 Å². The van der Waals surface area contributed by atoms with Crippen LogP contribution in [0.3, 0.4) is 0 Å². The second kappa shape index (κ2) is 7.00. The van der Waals surface area contributed by atoms with Gasteiger partial charge in [0.2, 0.25) is 5.95 Å². The number of carbonyl (C=O) groups is 1. The van der Waals surface area contributed by atoms with Gasteiger partial charge in [-0.15, -0.1) is 0 Å². The van der Waals surface area contributed by atoms with Crippen LogP contribution in [0.1, 0.15) is 17.3 Å². The lowest BCUT2D eigenvalue weighted by Crippen LogP contribution is -2.30. The molecule has 1 amide bonds. The van der Waals surface area contributed by atoms with Crippen LogP contribution >= 0.6 is 0 Å². The van der Waals surface area contributed by atoms with Gasteiger partial charge in [0, 0.05) is 19.4 Å². The summed E-state index contributed by atoms with van der Waals surface area (Å²) in [4.78, 5) is 19.4. The van der Waals surface area contributed by atoms with Crippen LogP contribution in [0.15, 0.2) is 36.1 Å². The molecule has 19 heavy (non-hydrogen) atoms. The van der Waals surface area contributed by atoms with Gasteiger partial charge in [0.25, 0.3) is 5.91 Å². The van der Waals surface area contributed by atoms with Crippen LogP contribution in [0, 0.1) is 0 Å². The summed E-state index contributed by atoms with van der Waals surface area (Å²) >= 11 is 0. The number of anilines is 1. The largest absolute Gasteiger partial charge is 0.504 e. The molecule has 0 aliphatic rings. The molecule has 4 N–H and O–H groups in total. The molecule has 0 saturated carbocycles. The van der Waals surface area contributed by atoms with Gasteiger partial charge in [0.15, 0.2) is 0 Å². The number of aromatic nitrogens is 2. The third-order valence-electron chi connectivity index (χ3n) is 2.13. The molecule has 7 nitrogen and oxygen atoms in total. The second-order valence-electron chi connectivity index (χ2n) is 3.69. The number of ether oxygens (including phenoxy) is 1. The highest BCUT2D eigenvalue weighted by molar-refractivity contribution is 5.94. The van der Waals surface area contributed by atoms with E-state index in [2.05, 4.69) is 20.6 Å². The summed E-state index contributed by atoms with van der Waals surface area (Å²) in [6.45, 7) is 1.85. The zero-order valence-electron chi connectivity index (χ0n) is 11.1. The van der Waals surface area contributed by atoms with Crippen molar-refractivity contribution < 1.29 is 9.53 Å². The number of nitrogen functional groups attached to an aromatic ring is 1. The van der Waals surface area contributed by atoms with Crippen molar-refractivity contribution in [3.63, 3.8) is 0 Å². The molecule has 1 aromatic heterocycles. The molecule has 1 heterocycles. The van der Waals surface area contributed by atoms with Gasteiger partial charge in [-0.1, -0.05) is 0 Å². The first-order chi connectivity index (χ1) is 9.06. The van der Waals surface area contributed by atoms with E-state index < -0.39 is 0 Å². The number of hydrogen-bond donors (Lipinski definition) is 3. The number of nitrogens with two attached hydrogens (primary N) is 1. The van der Waals surface area contributed by atoms with E-state index in [-0.39, 0.29) is 11.9 Å². The standard InChI is InChI=1S/C12H17N5O2/c1-8(7-19-3)4-10(14-2)17-11(18)9-5-15-12(13)16-6-9/h4-7,14H,1-3H3,(H,17,18)(H2,13,15,16)/b8-7-,10-4+. The lowest BCUT2D eigenvalue weighted by atomic mass is 10.3. The highest BCUT2D eigenvalue weighted by Gasteiger charge is 2.08. The number of nitrogens with one attached hydrogen (secondary N) is 2. The summed E-state index contributed by atoms with van der Waals surface area (Å²) in [5.41, 5.74) is 6.53. The Labute approximate surface area is 111 Å². The van der Waals surface area contributed by atoms with E-state index in [1.165, 1.54) is 12.4 Å². The van der Waals surface area contributed by atoms with Gasteiger partial charge < -0.3 is 21.1 Å². The first-order valence-corrected chi connectivity index (χ1v) is 5.54. The number of carbonyl (C=O) groups excluding carboxylic acids is 1. The Morgan fingerprint density at radius 1 is 1.42 bits per heavy atom. The maximum Gasteiger partial charge on any atom is 0.259 e. The van der Waals surface area contributed by atoms with Crippen molar-refractivity contribution in [2.45, 2.75) is 6.92 Å². The lowest BCUT2D eigenvalue weighted by molar-refractivity contribution is 0.0963. The number of rotatable bonds is 5. The first-order valence-electron chi connectivity index (χ1n) is 5.54.